The van der Waals surface area contributed by atoms with Gasteiger partial charge in [-0.3, -0.25) is 0 Å². The SMILES string of the molecule is Cc1cccc(C(C)(C)[c-]2ccc([Si](C)(C)C)c2)c1C.[Cl-].[Cl-].[Cl-].[Ti+4]. The maximum Gasteiger partial charge on any atom is 4.00 e. The Labute approximate surface area is 182 Å². The molecule has 24 heavy (non-hydrogen) atoms. The van der Waals surface area contributed by atoms with Crippen molar-refractivity contribution in [3.05, 3.63) is 58.7 Å². The van der Waals surface area contributed by atoms with Crippen LogP contribution in [0.3, 0.4) is 0 Å². The zero-order valence-electron chi connectivity index (χ0n) is 15.6. The Morgan fingerprint density at radius 1 is 0.917 bits per heavy atom. The molecule has 0 radical (unpaired) electrons. The Bertz CT molecular complexity index is 628. The molecule has 0 saturated carbocycles. The molecule has 2 aromatic carbocycles. The van der Waals surface area contributed by atoms with Crippen LogP contribution >= 0.6 is 0 Å². The maximum absolute atomic E-state index is 2.44. The van der Waals surface area contributed by atoms with Crippen LogP contribution in [0.2, 0.25) is 19.6 Å². The van der Waals surface area contributed by atoms with Crippen molar-refractivity contribution in [2.24, 2.45) is 0 Å². The molecule has 0 amide bonds. The molecule has 2 rings (SSSR count). The van der Waals surface area contributed by atoms with Crippen molar-refractivity contribution < 1.29 is 58.9 Å². The van der Waals surface area contributed by atoms with E-state index in [1.807, 2.05) is 0 Å². The average Bonchev–Trinajstić information content (AvgIpc) is 2.82. The molecule has 5 heteroatoms. The minimum Gasteiger partial charge on any atom is -1.00 e. The molecule has 2 aromatic rings. The first kappa shape index (κ1) is 29.1. The number of benzene rings is 1. The van der Waals surface area contributed by atoms with Gasteiger partial charge in [0.2, 0.25) is 0 Å². The third-order valence-corrected chi connectivity index (χ3v) is 6.66. The fourth-order valence-corrected chi connectivity index (χ4v) is 4.05. The molecular weight excluding hydrogens is 411 g/mol. The van der Waals surface area contributed by atoms with Crippen LogP contribution in [0.1, 0.15) is 36.1 Å². The molecule has 0 fully saturated rings. The van der Waals surface area contributed by atoms with Crippen LogP contribution < -0.4 is 42.4 Å². The van der Waals surface area contributed by atoms with Gasteiger partial charge in [-0.2, -0.15) is 12.1 Å². The van der Waals surface area contributed by atoms with Crippen LogP contribution in [0.4, 0.5) is 0 Å². The van der Waals surface area contributed by atoms with E-state index in [4.69, 9.17) is 0 Å². The van der Waals surface area contributed by atoms with Crippen LogP contribution in [0.5, 0.6) is 0 Å². The molecule has 0 aromatic heterocycles. The summed E-state index contributed by atoms with van der Waals surface area (Å²) >= 11 is 0. The molecule has 0 unspecified atom stereocenters. The summed E-state index contributed by atoms with van der Waals surface area (Å²) in [6.07, 6.45) is 0. The van der Waals surface area contributed by atoms with Gasteiger partial charge in [-0.15, -0.1) is 5.56 Å². The van der Waals surface area contributed by atoms with Crippen molar-refractivity contribution in [1.82, 2.24) is 0 Å². The standard InChI is InChI=1S/C19H27Si.3ClH.Ti/c1-14-9-8-10-18(15(14)2)19(3,4)16-11-12-17(13-16)20(5,6)7;;;;/h8-13H,1-7H3;3*1H;/q-1;;;;+4/p-3. The first-order chi connectivity index (χ1) is 9.14. The van der Waals surface area contributed by atoms with Gasteiger partial charge in [0.05, 0.1) is 0 Å². The van der Waals surface area contributed by atoms with Crippen molar-refractivity contribution in [2.75, 3.05) is 0 Å². The molecule has 0 aliphatic heterocycles. The molecular formula is C19H27Cl3SiTi. The van der Waals surface area contributed by atoms with Gasteiger partial charge in [-0.25, -0.2) is 11.3 Å². The summed E-state index contributed by atoms with van der Waals surface area (Å²) in [6, 6.07) is 13.8. The third kappa shape index (κ3) is 5.97. The Hall–Kier alpha value is 0.371. The van der Waals surface area contributed by atoms with Gasteiger partial charge in [-0.05, 0) is 36.0 Å². The van der Waals surface area contributed by atoms with Crippen LogP contribution in [0, 0.1) is 13.8 Å². The summed E-state index contributed by atoms with van der Waals surface area (Å²) in [5, 5.41) is 1.56. The fourth-order valence-electron chi connectivity index (χ4n) is 2.88. The molecule has 132 valence electrons. The van der Waals surface area contributed by atoms with E-state index in [1.54, 1.807) is 5.19 Å². The topological polar surface area (TPSA) is 0 Å². The van der Waals surface area contributed by atoms with Crippen molar-refractivity contribution in [3.8, 4) is 0 Å². The zero-order chi connectivity index (χ0) is 15.1. The van der Waals surface area contributed by atoms with E-state index in [0.717, 1.165) is 0 Å². The van der Waals surface area contributed by atoms with Crippen molar-refractivity contribution in [2.45, 2.75) is 52.8 Å². The molecule has 0 spiro atoms. The van der Waals surface area contributed by atoms with Crippen LogP contribution in [-0.2, 0) is 27.1 Å². The number of aryl methyl sites for hydroxylation is 1. The van der Waals surface area contributed by atoms with Gasteiger partial charge in [-0.1, -0.05) is 51.7 Å². The van der Waals surface area contributed by atoms with Crippen LogP contribution in [0.25, 0.3) is 0 Å². The van der Waals surface area contributed by atoms with E-state index in [0.29, 0.717) is 0 Å². The van der Waals surface area contributed by atoms with Gasteiger partial charge in [0.25, 0.3) is 0 Å². The monoisotopic (exact) mass is 436 g/mol. The molecule has 0 heterocycles. The quantitative estimate of drug-likeness (QED) is 0.338. The van der Waals surface area contributed by atoms with Crippen LogP contribution in [-0.4, -0.2) is 8.07 Å². The summed E-state index contributed by atoms with van der Waals surface area (Å²) in [7, 11) is -1.22. The molecule has 0 aliphatic carbocycles. The number of hydrogen-bond donors (Lipinski definition) is 0. The third-order valence-electron chi connectivity index (χ3n) is 4.62. The molecule has 0 saturated heterocycles. The molecule has 0 N–H and O–H groups in total. The second-order valence-electron chi connectivity index (χ2n) is 7.51. The van der Waals surface area contributed by atoms with E-state index in [2.05, 4.69) is 83.7 Å². The maximum atomic E-state index is 2.44. The first-order valence-corrected chi connectivity index (χ1v) is 11.0. The Kier molecular flexibility index (Phi) is 12.8. The van der Waals surface area contributed by atoms with Gasteiger partial charge in [0.1, 0.15) is 0 Å². The van der Waals surface area contributed by atoms with Crippen molar-refractivity contribution >= 4 is 13.3 Å². The van der Waals surface area contributed by atoms with Crippen molar-refractivity contribution in [3.63, 3.8) is 0 Å². The normalized spacial score (nSPS) is 10.6. The summed E-state index contributed by atoms with van der Waals surface area (Å²) in [5.74, 6) is 0. The molecule has 0 aliphatic rings. The second kappa shape index (κ2) is 10.5. The van der Waals surface area contributed by atoms with Crippen LogP contribution in [0.15, 0.2) is 36.4 Å². The largest absolute Gasteiger partial charge is 4.00 e. The minimum atomic E-state index is -1.22. The Morgan fingerprint density at radius 2 is 1.46 bits per heavy atom. The summed E-state index contributed by atoms with van der Waals surface area (Å²) in [4.78, 5) is 0. The molecule has 0 nitrogen and oxygen atoms in total. The number of halogens is 3. The first-order valence-electron chi connectivity index (χ1n) is 7.48. The van der Waals surface area contributed by atoms with Gasteiger partial charge < -0.3 is 37.2 Å². The van der Waals surface area contributed by atoms with E-state index in [9.17, 15) is 0 Å². The summed E-state index contributed by atoms with van der Waals surface area (Å²) < 4.78 is 0. The Balaban J connectivity index is -0.00000110. The van der Waals surface area contributed by atoms with E-state index in [-0.39, 0.29) is 64.4 Å². The number of rotatable bonds is 3. The van der Waals surface area contributed by atoms with Crippen molar-refractivity contribution in [1.29, 1.82) is 0 Å². The van der Waals surface area contributed by atoms with Gasteiger partial charge in [0.15, 0.2) is 0 Å². The smallest absolute Gasteiger partial charge is 1.00 e. The summed E-state index contributed by atoms with van der Waals surface area (Å²) in [6.45, 7) is 16.4. The molecule has 0 bridgehead atoms. The zero-order valence-corrected chi connectivity index (χ0v) is 20.4. The van der Waals surface area contributed by atoms with Gasteiger partial charge in [0, 0.05) is 8.07 Å². The minimum absolute atomic E-state index is 0. The van der Waals surface area contributed by atoms with E-state index in [1.165, 1.54) is 22.3 Å². The fraction of sp³-hybridized carbons (Fsp3) is 0.421. The molecule has 0 atom stereocenters. The Morgan fingerprint density at radius 3 is 1.92 bits per heavy atom. The number of hydrogen-bond acceptors (Lipinski definition) is 0. The van der Waals surface area contributed by atoms with E-state index >= 15 is 0 Å². The van der Waals surface area contributed by atoms with Gasteiger partial charge >= 0.3 is 21.7 Å². The second-order valence-corrected chi connectivity index (χ2v) is 12.6. The van der Waals surface area contributed by atoms with E-state index < -0.39 is 8.07 Å². The average molecular weight is 438 g/mol. The predicted octanol–water partition coefficient (Wildman–Crippen LogP) is -4.10. The predicted molar refractivity (Wildman–Crippen MR) is 93.1 cm³/mol. The summed E-state index contributed by atoms with van der Waals surface area (Å²) in [5.41, 5.74) is 5.78.